The molecule has 1 saturated heterocycles. The summed E-state index contributed by atoms with van der Waals surface area (Å²) >= 11 is 0. The standard InChI is InChI=1S/C23H26N2O4/c1-3-17-14-28-11-10-25(17)22(26)21-15(2)12-18(29-23(21)27)9-8-16-13-24-20-7-5-4-6-19(16)20/h4-7,12-13,17,24H,3,8-11,14H2,1-2H3. The molecule has 3 heterocycles. The number of aromatic amines is 1. The van der Waals surface area contributed by atoms with Crippen molar-refractivity contribution >= 4 is 16.8 Å². The van der Waals surface area contributed by atoms with Gasteiger partial charge in [-0.05, 0) is 43.0 Å². The molecule has 0 saturated carbocycles. The molecule has 2 aromatic heterocycles. The highest BCUT2D eigenvalue weighted by Gasteiger charge is 2.30. The third kappa shape index (κ3) is 3.85. The highest BCUT2D eigenvalue weighted by Crippen LogP contribution is 2.20. The van der Waals surface area contributed by atoms with Crippen LogP contribution in [0, 0.1) is 6.92 Å². The quantitative estimate of drug-likeness (QED) is 0.719. The van der Waals surface area contributed by atoms with Crippen molar-refractivity contribution in [2.75, 3.05) is 19.8 Å². The number of hydrogen-bond acceptors (Lipinski definition) is 4. The fraction of sp³-hybridized carbons (Fsp3) is 0.391. The fourth-order valence-electron chi connectivity index (χ4n) is 4.05. The van der Waals surface area contributed by atoms with E-state index in [9.17, 15) is 9.59 Å². The van der Waals surface area contributed by atoms with Crippen molar-refractivity contribution in [2.24, 2.45) is 0 Å². The van der Waals surface area contributed by atoms with Crippen LogP contribution in [0.1, 0.15) is 40.6 Å². The molecule has 1 amide bonds. The van der Waals surface area contributed by atoms with Crippen LogP contribution in [0.5, 0.6) is 0 Å². The summed E-state index contributed by atoms with van der Waals surface area (Å²) in [5.74, 6) is 0.345. The zero-order valence-electron chi connectivity index (χ0n) is 16.9. The lowest BCUT2D eigenvalue weighted by Crippen LogP contribution is -2.49. The number of carbonyl (C=O) groups is 1. The fourth-order valence-corrected chi connectivity index (χ4v) is 4.05. The van der Waals surface area contributed by atoms with Crippen LogP contribution in [-0.2, 0) is 17.6 Å². The molecule has 1 fully saturated rings. The smallest absolute Gasteiger partial charge is 0.349 e. The number of morpholine rings is 1. The van der Waals surface area contributed by atoms with Crippen molar-refractivity contribution in [1.29, 1.82) is 0 Å². The van der Waals surface area contributed by atoms with E-state index in [1.807, 2.05) is 37.4 Å². The Bertz CT molecular complexity index is 1080. The second-order valence-corrected chi connectivity index (χ2v) is 7.55. The van der Waals surface area contributed by atoms with Gasteiger partial charge in [-0.15, -0.1) is 0 Å². The molecule has 29 heavy (non-hydrogen) atoms. The number of para-hydroxylation sites is 1. The lowest BCUT2D eigenvalue weighted by molar-refractivity contribution is -0.00308. The number of ether oxygens (including phenoxy) is 1. The summed E-state index contributed by atoms with van der Waals surface area (Å²) in [7, 11) is 0. The van der Waals surface area contributed by atoms with Gasteiger partial charge in [0.15, 0.2) is 0 Å². The Morgan fingerprint density at radius 3 is 2.90 bits per heavy atom. The van der Waals surface area contributed by atoms with E-state index in [2.05, 4.69) is 11.1 Å². The normalized spacial score (nSPS) is 17.0. The first-order valence-corrected chi connectivity index (χ1v) is 10.2. The summed E-state index contributed by atoms with van der Waals surface area (Å²) in [6.45, 7) is 5.33. The number of benzene rings is 1. The summed E-state index contributed by atoms with van der Waals surface area (Å²) in [5, 5.41) is 1.18. The number of carbonyl (C=O) groups excluding carboxylic acids is 1. The molecule has 4 rings (SSSR count). The summed E-state index contributed by atoms with van der Waals surface area (Å²) in [5.41, 5.74) is 2.53. The van der Waals surface area contributed by atoms with E-state index in [4.69, 9.17) is 9.15 Å². The van der Waals surface area contributed by atoms with Crippen molar-refractivity contribution < 1.29 is 13.9 Å². The second-order valence-electron chi connectivity index (χ2n) is 7.55. The minimum atomic E-state index is -0.551. The Morgan fingerprint density at radius 1 is 1.28 bits per heavy atom. The first-order valence-electron chi connectivity index (χ1n) is 10.2. The Balaban J connectivity index is 1.54. The molecular weight excluding hydrogens is 368 g/mol. The minimum absolute atomic E-state index is 0.00315. The topological polar surface area (TPSA) is 75.5 Å². The van der Waals surface area contributed by atoms with E-state index in [0.717, 1.165) is 18.4 Å². The van der Waals surface area contributed by atoms with Crippen molar-refractivity contribution in [2.45, 2.75) is 39.2 Å². The SMILES string of the molecule is CCC1COCCN1C(=O)c1c(C)cc(CCc2c[nH]c3ccccc23)oc1=O. The highest BCUT2D eigenvalue weighted by atomic mass is 16.5. The monoisotopic (exact) mass is 394 g/mol. The van der Waals surface area contributed by atoms with Crippen LogP contribution in [0.15, 0.2) is 45.7 Å². The summed E-state index contributed by atoms with van der Waals surface area (Å²) in [4.78, 5) is 30.7. The maximum absolute atomic E-state index is 13.0. The van der Waals surface area contributed by atoms with Crippen LogP contribution in [0.25, 0.3) is 10.9 Å². The van der Waals surface area contributed by atoms with Crippen LogP contribution >= 0.6 is 0 Å². The Morgan fingerprint density at radius 2 is 2.10 bits per heavy atom. The van der Waals surface area contributed by atoms with Gasteiger partial charge in [-0.1, -0.05) is 25.1 Å². The highest BCUT2D eigenvalue weighted by molar-refractivity contribution is 5.95. The molecule has 1 aromatic carbocycles. The number of amides is 1. The number of aromatic nitrogens is 1. The van der Waals surface area contributed by atoms with Gasteiger partial charge in [0.1, 0.15) is 11.3 Å². The maximum atomic E-state index is 13.0. The molecule has 1 unspecified atom stereocenters. The molecule has 1 N–H and O–H groups in total. The van der Waals surface area contributed by atoms with E-state index < -0.39 is 5.63 Å². The van der Waals surface area contributed by atoms with Gasteiger partial charge in [0, 0.05) is 30.1 Å². The first-order chi connectivity index (χ1) is 14.1. The van der Waals surface area contributed by atoms with Crippen molar-refractivity contribution in [3.8, 4) is 0 Å². The van der Waals surface area contributed by atoms with E-state index in [-0.39, 0.29) is 17.5 Å². The largest absolute Gasteiger partial charge is 0.427 e. The average Bonchev–Trinajstić information content (AvgIpc) is 3.15. The number of H-pyrrole nitrogens is 1. The summed E-state index contributed by atoms with van der Waals surface area (Å²) in [6.07, 6.45) is 4.14. The van der Waals surface area contributed by atoms with E-state index in [1.165, 1.54) is 10.9 Å². The van der Waals surface area contributed by atoms with Crippen molar-refractivity contribution in [3.05, 3.63) is 69.4 Å². The van der Waals surface area contributed by atoms with Gasteiger partial charge in [0.25, 0.3) is 5.91 Å². The third-order valence-electron chi connectivity index (χ3n) is 5.69. The summed E-state index contributed by atoms with van der Waals surface area (Å²) < 4.78 is 11.0. The third-order valence-corrected chi connectivity index (χ3v) is 5.69. The number of rotatable bonds is 5. The van der Waals surface area contributed by atoms with Gasteiger partial charge in [-0.3, -0.25) is 4.79 Å². The number of aryl methyl sites for hydroxylation is 3. The molecule has 1 atom stereocenters. The number of nitrogens with zero attached hydrogens (tertiary/aromatic N) is 1. The zero-order chi connectivity index (χ0) is 20.4. The average molecular weight is 394 g/mol. The number of nitrogens with one attached hydrogen (secondary N) is 1. The van der Waals surface area contributed by atoms with Gasteiger partial charge in [0.2, 0.25) is 0 Å². The van der Waals surface area contributed by atoms with Crippen molar-refractivity contribution in [3.63, 3.8) is 0 Å². The molecule has 3 aromatic rings. The predicted octanol–water partition coefficient (Wildman–Crippen LogP) is 3.47. The predicted molar refractivity (Wildman–Crippen MR) is 111 cm³/mol. The lowest BCUT2D eigenvalue weighted by Gasteiger charge is -2.35. The Hall–Kier alpha value is -2.86. The molecule has 1 aliphatic heterocycles. The molecule has 0 spiro atoms. The van der Waals surface area contributed by atoms with E-state index in [1.54, 1.807) is 11.8 Å². The van der Waals surface area contributed by atoms with Crippen LogP contribution in [0.4, 0.5) is 0 Å². The summed E-state index contributed by atoms with van der Waals surface area (Å²) in [6, 6.07) is 9.95. The Kier molecular flexibility index (Phi) is 5.53. The van der Waals surface area contributed by atoms with Crippen LogP contribution < -0.4 is 5.63 Å². The molecule has 152 valence electrons. The van der Waals surface area contributed by atoms with Crippen molar-refractivity contribution in [1.82, 2.24) is 9.88 Å². The molecule has 6 nitrogen and oxygen atoms in total. The molecule has 6 heteroatoms. The van der Waals surface area contributed by atoms with E-state index in [0.29, 0.717) is 37.5 Å². The Labute approximate surface area is 169 Å². The molecule has 0 radical (unpaired) electrons. The van der Waals surface area contributed by atoms with Crippen LogP contribution in [0.2, 0.25) is 0 Å². The number of fused-ring (bicyclic) bond motifs is 1. The minimum Gasteiger partial charge on any atom is -0.427 e. The molecule has 1 aliphatic rings. The zero-order valence-corrected chi connectivity index (χ0v) is 16.9. The number of hydrogen-bond donors (Lipinski definition) is 1. The van der Waals surface area contributed by atoms with Gasteiger partial charge in [0.05, 0.1) is 19.3 Å². The van der Waals surface area contributed by atoms with Gasteiger partial charge < -0.3 is 19.0 Å². The lowest BCUT2D eigenvalue weighted by atomic mass is 10.0. The van der Waals surface area contributed by atoms with Gasteiger partial charge >= 0.3 is 5.63 Å². The van der Waals surface area contributed by atoms with Crippen LogP contribution in [0.3, 0.4) is 0 Å². The van der Waals surface area contributed by atoms with Gasteiger partial charge in [-0.2, -0.15) is 0 Å². The molecule has 0 aliphatic carbocycles. The van der Waals surface area contributed by atoms with Gasteiger partial charge in [-0.25, -0.2) is 4.79 Å². The first kappa shape index (κ1) is 19.5. The van der Waals surface area contributed by atoms with E-state index >= 15 is 0 Å². The maximum Gasteiger partial charge on any atom is 0.349 e. The second kappa shape index (κ2) is 8.25. The molecular formula is C23H26N2O4. The van der Waals surface area contributed by atoms with Crippen LogP contribution in [-0.4, -0.2) is 41.6 Å². The molecule has 0 bridgehead atoms.